The Hall–Kier alpha value is -3.29. The van der Waals surface area contributed by atoms with Crippen LogP contribution in [0.1, 0.15) is 37.7 Å². The lowest BCUT2D eigenvalue weighted by molar-refractivity contribution is -0.131. The van der Waals surface area contributed by atoms with Crippen molar-refractivity contribution < 1.29 is 4.79 Å². The summed E-state index contributed by atoms with van der Waals surface area (Å²) in [5.74, 6) is 2.17. The van der Waals surface area contributed by atoms with Crippen LogP contribution in [-0.4, -0.2) is 56.7 Å². The Labute approximate surface area is 181 Å². The van der Waals surface area contributed by atoms with Gasteiger partial charge in [0.2, 0.25) is 11.3 Å². The average Bonchev–Trinajstić information content (AvgIpc) is 2.78. The molecule has 1 aliphatic heterocycles. The van der Waals surface area contributed by atoms with E-state index < -0.39 is 0 Å². The Kier molecular flexibility index (Phi) is 5.97. The molecule has 2 aromatic heterocycles. The maximum absolute atomic E-state index is 12.8. The van der Waals surface area contributed by atoms with E-state index in [2.05, 4.69) is 28.8 Å². The highest BCUT2D eigenvalue weighted by atomic mass is 16.2. The van der Waals surface area contributed by atoms with Crippen molar-refractivity contribution in [3.8, 4) is 0 Å². The number of nitrogens with zero attached hydrogens (tertiary/aromatic N) is 6. The molecule has 1 saturated heterocycles. The van der Waals surface area contributed by atoms with E-state index in [0.717, 1.165) is 35.9 Å². The number of carbonyl (C=O) groups is 1. The largest absolute Gasteiger partial charge is 0.353 e. The van der Waals surface area contributed by atoms with Crippen molar-refractivity contribution in [1.29, 1.82) is 0 Å². The van der Waals surface area contributed by atoms with Crippen LogP contribution in [0.4, 0.5) is 5.82 Å². The van der Waals surface area contributed by atoms with E-state index in [1.165, 1.54) is 6.20 Å². The van der Waals surface area contributed by atoms with Crippen LogP contribution in [0, 0.1) is 6.92 Å². The molecule has 1 fully saturated rings. The van der Waals surface area contributed by atoms with Crippen molar-refractivity contribution in [1.82, 2.24) is 24.6 Å². The van der Waals surface area contributed by atoms with E-state index in [1.807, 2.05) is 36.1 Å². The third-order valence-corrected chi connectivity index (χ3v) is 5.63. The summed E-state index contributed by atoms with van der Waals surface area (Å²) in [4.78, 5) is 38.1. The van der Waals surface area contributed by atoms with Gasteiger partial charge in [0, 0.05) is 55.7 Å². The molecule has 3 heterocycles. The minimum atomic E-state index is -0.102. The van der Waals surface area contributed by atoms with Crippen LogP contribution in [0.2, 0.25) is 0 Å². The molecule has 0 saturated carbocycles. The highest BCUT2D eigenvalue weighted by Crippen LogP contribution is 2.19. The number of aryl methyl sites for hydroxylation is 2. The maximum atomic E-state index is 12.8. The Morgan fingerprint density at radius 2 is 1.84 bits per heavy atom. The summed E-state index contributed by atoms with van der Waals surface area (Å²) in [6, 6.07) is 9.37. The average molecular weight is 421 g/mol. The van der Waals surface area contributed by atoms with Crippen LogP contribution in [0.5, 0.6) is 0 Å². The van der Waals surface area contributed by atoms with Crippen LogP contribution < -0.4 is 10.3 Å². The number of carbonyl (C=O) groups excluding carboxylic acids is 1. The number of amides is 1. The third-order valence-electron chi connectivity index (χ3n) is 5.63. The molecule has 4 rings (SSSR count). The van der Waals surface area contributed by atoms with Crippen molar-refractivity contribution in [3.63, 3.8) is 0 Å². The summed E-state index contributed by atoms with van der Waals surface area (Å²) in [6.07, 6.45) is 1.67. The lowest BCUT2D eigenvalue weighted by atomic mass is 10.2. The molecule has 31 heavy (non-hydrogen) atoms. The van der Waals surface area contributed by atoms with Gasteiger partial charge in [0.25, 0.3) is 0 Å². The smallest absolute Gasteiger partial charge is 0.224 e. The lowest BCUT2D eigenvalue weighted by Gasteiger charge is -2.35. The van der Waals surface area contributed by atoms with Gasteiger partial charge in [-0.1, -0.05) is 26.0 Å². The first-order chi connectivity index (χ1) is 14.9. The molecular weight excluding hydrogens is 392 g/mol. The topological polar surface area (TPSA) is 84.2 Å². The summed E-state index contributed by atoms with van der Waals surface area (Å²) in [7, 11) is 0. The standard InChI is InChI=1S/C23H28N6O2/c1-16(2)23-25-17(3)14-21(26-23)27-10-12-28(13-11-27)22(31)8-9-29-19-7-5-4-6-18(19)20(30)15-24-29/h4-7,14-16H,8-13H2,1-3H3. The highest BCUT2D eigenvalue weighted by molar-refractivity contribution is 5.79. The van der Waals surface area contributed by atoms with Gasteiger partial charge in [-0.25, -0.2) is 9.97 Å². The fraction of sp³-hybridized carbons (Fsp3) is 0.435. The molecule has 1 aromatic carbocycles. The molecule has 3 aromatic rings. The predicted molar refractivity (Wildman–Crippen MR) is 120 cm³/mol. The van der Waals surface area contributed by atoms with Crippen LogP contribution in [-0.2, 0) is 11.3 Å². The van der Waals surface area contributed by atoms with Gasteiger partial charge >= 0.3 is 0 Å². The summed E-state index contributed by atoms with van der Waals surface area (Å²) in [5, 5.41) is 4.84. The second-order valence-corrected chi connectivity index (χ2v) is 8.25. The SMILES string of the molecule is Cc1cc(N2CCN(C(=O)CCn3ncc(=O)c4ccccc43)CC2)nc(C(C)C)n1. The molecule has 0 aliphatic carbocycles. The Bertz CT molecular complexity index is 1150. The monoisotopic (exact) mass is 420 g/mol. The van der Waals surface area contributed by atoms with Gasteiger partial charge in [-0.15, -0.1) is 0 Å². The molecular formula is C23H28N6O2. The number of hydrogen-bond donors (Lipinski definition) is 0. The van der Waals surface area contributed by atoms with Crippen LogP contribution >= 0.6 is 0 Å². The Balaban J connectivity index is 1.37. The first kappa shape index (κ1) is 21.0. The van der Waals surface area contributed by atoms with Gasteiger partial charge in [-0.05, 0) is 19.1 Å². The molecule has 0 bridgehead atoms. The zero-order chi connectivity index (χ0) is 22.0. The summed E-state index contributed by atoms with van der Waals surface area (Å²) in [5.41, 5.74) is 1.62. The number of anilines is 1. The van der Waals surface area contributed by atoms with Gasteiger partial charge in [-0.3, -0.25) is 14.3 Å². The zero-order valence-electron chi connectivity index (χ0n) is 18.3. The van der Waals surface area contributed by atoms with E-state index in [9.17, 15) is 9.59 Å². The second kappa shape index (κ2) is 8.83. The quantitative estimate of drug-likeness (QED) is 0.630. The number of rotatable bonds is 5. The third kappa shape index (κ3) is 4.57. The van der Waals surface area contributed by atoms with Gasteiger partial charge in [0.15, 0.2) is 0 Å². The number of hydrogen-bond acceptors (Lipinski definition) is 6. The van der Waals surface area contributed by atoms with Crippen molar-refractivity contribution in [2.45, 2.75) is 39.7 Å². The summed E-state index contributed by atoms with van der Waals surface area (Å²) in [6.45, 7) is 9.45. The molecule has 1 amide bonds. The molecule has 0 spiro atoms. The van der Waals surface area contributed by atoms with Crippen LogP contribution in [0.3, 0.4) is 0 Å². The molecule has 8 nitrogen and oxygen atoms in total. The molecule has 0 atom stereocenters. The number of piperazine rings is 1. The van der Waals surface area contributed by atoms with Gasteiger partial charge in [-0.2, -0.15) is 5.10 Å². The molecule has 0 unspecified atom stereocenters. The minimum absolute atomic E-state index is 0.102. The van der Waals surface area contributed by atoms with Crippen molar-refractivity contribution >= 4 is 22.6 Å². The lowest BCUT2D eigenvalue weighted by Crippen LogP contribution is -2.49. The summed E-state index contributed by atoms with van der Waals surface area (Å²) >= 11 is 0. The Morgan fingerprint density at radius 3 is 2.58 bits per heavy atom. The molecule has 8 heteroatoms. The van der Waals surface area contributed by atoms with Gasteiger partial charge < -0.3 is 9.80 Å². The number of benzene rings is 1. The summed E-state index contributed by atoms with van der Waals surface area (Å²) < 4.78 is 1.74. The minimum Gasteiger partial charge on any atom is -0.353 e. The first-order valence-corrected chi connectivity index (χ1v) is 10.8. The van der Waals surface area contributed by atoms with E-state index in [0.29, 0.717) is 31.4 Å². The molecule has 1 aliphatic rings. The maximum Gasteiger partial charge on any atom is 0.224 e. The fourth-order valence-electron chi connectivity index (χ4n) is 3.88. The number of para-hydroxylation sites is 1. The fourth-order valence-corrected chi connectivity index (χ4v) is 3.88. The van der Waals surface area contributed by atoms with Crippen LogP contribution in [0.15, 0.2) is 41.3 Å². The van der Waals surface area contributed by atoms with Gasteiger partial charge in [0.1, 0.15) is 11.6 Å². The molecule has 162 valence electrons. The predicted octanol–water partition coefficient (Wildman–Crippen LogP) is 2.36. The second-order valence-electron chi connectivity index (χ2n) is 8.25. The number of fused-ring (bicyclic) bond motifs is 1. The van der Waals surface area contributed by atoms with E-state index >= 15 is 0 Å². The van der Waals surface area contributed by atoms with E-state index in [-0.39, 0.29) is 17.3 Å². The van der Waals surface area contributed by atoms with E-state index in [1.54, 1.807) is 10.7 Å². The normalized spacial score (nSPS) is 14.5. The van der Waals surface area contributed by atoms with Crippen LogP contribution in [0.25, 0.3) is 10.9 Å². The number of aromatic nitrogens is 4. The Morgan fingerprint density at radius 1 is 1.10 bits per heavy atom. The van der Waals surface area contributed by atoms with E-state index in [4.69, 9.17) is 4.98 Å². The van der Waals surface area contributed by atoms with Gasteiger partial charge in [0.05, 0.1) is 18.3 Å². The van der Waals surface area contributed by atoms with Crippen molar-refractivity contribution in [2.24, 2.45) is 0 Å². The molecule has 0 radical (unpaired) electrons. The zero-order valence-corrected chi connectivity index (χ0v) is 18.3. The molecule has 0 N–H and O–H groups in total. The first-order valence-electron chi connectivity index (χ1n) is 10.8. The van der Waals surface area contributed by atoms with Crippen molar-refractivity contribution in [2.75, 3.05) is 31.1 Å². The van der Waals surface area contributed by atoms with Crippen molar-refractivity contribution in [3.05, 3.63) is 58.3 Å². The highest BCUT2D eigenvalue weighted by Gasteiger charge is 2.22.